The van der Waals surface area contributed by atoms with Crippen molar-refractivity contribution in [3.63, 3.8) is 0 Å². The third kappa shape index (κ3) is 3.80. The lowest BCUT2D eigenvalue weighted by molar-refractivity contribution is -0.120. The van der Waals surface area contributed by atoms with Crippen LogP contribution >= 0.6 is 11.8 Å². The van der Waals surface area contributed by atoms with Gasteiger partial charge in [-0.2, -0.15) is 16.9 Å². The normalized spacial score (nSPS) is 13.5. The van der Waals surface area contributed by atoms with E-state index in [-0.39, 0.29) is 5.91 Å². The van der Waals surface area contributed by atoms with Gasteiger partial charge in [0.25, 0.3) is 0 Å². The smallest absolute Gasteiger partial charge is 0.224 e. The maximum atomic E-state index is 13.4. The first-order valence-corrected chi connectivity index (χ1v) is 8.96. The zero-order chi connectivity index (χ0) is 17.9. The molecule has 0 saturated heterocycles. The summed E-state index contributed by atoms with van der Waals surface area (Å²) in [5.74, 6) is -0.0944. The molecule has 2 aromatic rings. The van der Waals surface area contributed by atoms with Gasteiger partial charge >= 0.3 is 0 Å². The van der Waals surface area contributed by atoms with Crippen LogP contribution in [0.4, 0.5) is 10.1 Å². The Morgan fingerprint density at radius 1 is 1.50 bits per heavy atom. The van der Waals surface area contributed by atoms with Gasteiger partial charge in [-0.25, -0.2) is 9.07 Å². The van der Waals surface area contributed by atoms with E-state index in [9.17, 15) is 9.18 Å². The van der Waals surface area contributed by atoms with Gasteiger partial charge in [0.15, 0.2) is 0 Å². The molecule has 2 heterocycles. The highest BCUT2D eigenvalue weighted by molar-refractivity contribution is 7.98. The summed E-state index contributed by atoms with van der Waals surface area (Å²) >= 11 is 1.52. The fraction of sp³-hybridized carbons (Fsp3) is 0.438. The largest absolute Gasteiger partial charge is 0.310 e. The molecule has 24 heavy (non-hydrogen) atoms. The number of amides is 1. The number of anilines is 1. The van der Waals surface area contributed by atoms with Crippen LogP contribution in [0.1, 0.15) is 19.5 Å². The second-order valence-electron chi connectivity index (χ2n) is 5.81. The van der Waals surface area contributed by atoms with E-state index in [1.807, 2.05) is 13.2 Å². The molecule has 0 aliphatic heterocycles. The molecule has 2 aromatic heterocycles. The van der Waals surface area contributed by atoms with Crippen molar-refractivity contribution >= 4 is 31.2 Å². The molecular weight excluding hydrogens is 326 g/mol. The highest BCUT2D eigenvalue weighted by Gasteiger charge is 2.32. The Morgan fingerprint density at radius 2 is 2.21 bits per heavy atom. The second kappa shape index (κ2) is 7.38. The zero-order valence-corrected chi connectivity index (χ0v) is 15.1. The lowest BCUT2D eigenvalue weighted by Gasteiger charge is -2.30. The minimum Gasteiger partial charge on any atom is -0.310 e. The van der Waals surface area contributed by atoms with Crippen LogP contribution in [-0.2, 0) is 4.79 Å². The van der Waals surface area contributed by atoms with Crippen molar-refractivity contribution in [3.8, 4) is 5.69 Å². The van der Waals surface area contributed by atoms with Crippen molar-refractivity contribution in [2.75, 3.05) is 23.5 Å². The predicted molar refractivity (Wildman–Crippen MR) is 96.6 cm³/mol. The van der Waals surface area contributed by atoms with Gasteiger partial charge in [-0.3, -0.25) is 9.78 Å². The average Bonchev–Trinajstić information content (AvgIpc) is 2.90. The van der Waals surface area contributed by atoms with Crippen LogP contribution < -0.4 is 4.90 Å². The molecular formula is C16H20BFN4OS. The van der Waals surface area contributed by atoms with E-state index in [1.165, 1.54) is 28.7 Å². The summed E-state index contributed by atoms with van der Waals surface area (Å²) < 4.78 is 14.9. The standard InChI is InChI=1S/C16H20BFN4OS/c1-5-21(15(23)16(3,17)10-24-4)14-9-22(20-11(14)2)13-6-12(18)7-19-8-13/h6-9H,5,10H2,1-4H3. The van der Waals surface area contributed by atoms with Crippen molar-refractivity contribution in [3.05, 3.63) is 36.2 Å². The molecule has 1 unspecified atom stereocenters. The zero-order valence-electron chi connectivity index (χ0n) is 14.3. The summed E-state index contributed by atoms with van der Waals surface area (Å²) in [7, 11) is 6.17. The number of hydrogen-bond acceptors (Lipinski definition) is 4. The van der Waals surface area contributed by atoms with E-state index >= 15 is 0 Å². The summed E-state index contributed by atoms with van der Waals surface area (Å²) in [5, 5.41) is 3.40. The molecule has 8 heteroatoms. The summed E-state index contributed by atoms with van der Waals surface area (Å²) in [6, 6.07) is 1.34. The number of aryl methyl sites for hydroxylation is 1. The molecule has 0 fully saturated rings. The summed E-state index contributed by atoms with van der Waals surface area (Å²) in [6.07, 6.45) is 6.25. The van der Waals surface area contributed by atoms with Crippen LogP contribution in [0.5, 0.6) is 0 Å². The summed E-state index contributed by atoms with van der Waals surface area (Å²) in [4.78, 5) is 18.3. The van der Waals surface area contributed by atoms with Crippen molar-refractivity contribution in [1.82, 2.24) is 14.8 Å². The van der Waals surface area contributed by atoms with E-state index in [0.29, 0.717) is 29.4 Å². The SMILES string of the molecule is [B]C(C)(CSC)C(=O)N(CC)c1cn(-c2cncc(F)c2)nc1C. The Bertz CT molecular complexity index is 735. The van der Waals surface area contributed by atoms with Crippen LogP contribution in [0, 0.1) is 12.7 Å². The van der Waals surface area contributed by atoms with Gasteiger partial charge in [0.1, 0.15) is 5.82 Å². The van der Waals surface area contributed by atoms with Crippen LogP contribution in [0.15, 0.2) is 24.7 Å². The first kappa shape index (κ1) is 18.5. The molecule has 0 aliphatic carbocycles. The molecule has 0 bridgehead atoms. The Labute approximate surface area is 147 Å². The maximum Gasteiger partial charge on any atom is 0.224 e. The minimum atomic E-state index is -0.968. The number of aromatic nitrogens is 3. The fourth-order valence-corrected chi connectivity index (χ4v) is 3.19. The molecule has 0 saturated carbocycles. The summed E-state index contributed by atoms with van der Waals surface area (Å²) in [6.45, 7) is 5.88. The predicted octanol–water partition coefficient (Wildman–Crippen LogP) is 2.78. The van der Waals surface area contributed by atoms with E-state index in [1.54, 1.807) is 24.9 Å². The number of halogens is 1. The van der Waals surface area contributed by atoms with Crippen molar-refractivity contribution in [2.24, 2.45) is 0 Å². The van der Waals surface area contributed by atoms with Crippen molar-refractivity contribution < 1.29 is 9.18 Å². The van der Waals surface area contributed by atoms with Crippen LogP contribution in [0.25, 0.3) is 5.69 Å². The van der Waals surface area contributed by atoms with Gasteiger partial charge < -0.3 is 4.90 Å². The number of pyridine rings is 1. The van der Waals surface area contributed by atoms with Crippen LogP contribution in [0.2, 0.25) is 5.31 Å². The number of carbonyl (C=O) groups is 1. The van der Waals surface area contributed by atoms with Crippen LogP contribution in [0.3, 0.4) is 0 Å². The Morgan fingerprint density at radius 3 is 2.79 bits per heavy atom. The maximum absolute atomic E-state index is 13.4. The lowest BCUT2D eigenvalue weighted by atomic mass is 9.71. The highest BCUT2D eigenvalue weighted by atomic mass is 32.2. The lowest BCUT2D eigenvalue weighted by Crippen LogP contribution is -2.40. The van der Waals surface area contributed by atoms with E-state index in [0.717, 1.165) is 6.20 Å². The van der Waals surface area contributed by atoms with Gasteiger partial charge in [-0.1, -0.05) is 6.92 Å². The minimum absolute atomic E-state index is 0.167. The van der Waals surface area contributed by atoms with Crippen LogP contribution in [-0.4, -0.2) is 47.1 Å². The first-order valence-electron chi connectivity index (χ1n) is 7.57. The van der Waals surface area contributed by atoms with Gasteiger partial charge in [-0.05, 0) is 25.9 Å². The number of nitrogens with zero attached hydrogens (tertiary/aromatic N) is 4. The molecule has 5 nitrogen and oxygen atoms in total. The quantitative estimate of drug-likeness (QED) is 0.755. The molecule has 2 radical (unpaired) electrons. The Kier molecular flexibility index (Phi) is 5.69. The van der Waals surface area contributed by atoms with Gasteiger partial charge in [-0.15, -0.1) is 0 Å². The molecule has 0 N–H and O–H groups in total. The Hall–Kier alpha value is -1.83. The number of carbonyl (C=O) groups excluding carboxylic acids is 1. The monoisotopic (exact) mass is 346 g/mol. The Balaban J connectivity index is 2.38. The van der Waals surface area contributed by atoms with E-state index in [4.69, 9.17) is 7.85 Å². The van der Waals surface area contributed by atoms with E-state index < -0.39 is 11.1 Å². The average molecular weight is 346 g/mol. The fourth-order valence-electron chi connectivity index (χ4n) is 2.47. The van der Waals surface area contributed by atoms with E-state index in [2.05, 4.69) is 10.1 Å². The molecule has 1 atom stereocenters. The topological polar surface area (TPSA) is 51.0 Å². The van der Waals surface area contributed by atoms with Crippen molar-refractivity contribution in [2.45, 2.75) is 26.1 Å². The molecule has 2 rings (SSSR count). The third-order valence-corrected chi connectivity index (χ3v) is 4.50. The molecule has 1 amide bonds. The molecule has 0 aliphatic rings. The molecule has 0 spiro atoms. The number of hydrogen-bond donors (Lipinski definition) is 0. The number of thioether (sulfide) groups is 1. The highest BCUT2D eigenvalue weighted by Crippen LogP contribution is 2.31. The molecule has 126 valence electrons. The first-order chi connectivity index (χ1) is 11.3. The van der Waals surface area contributed by atoms with Gasteiger partial charge in [0.05, 0.1) is 43.5 Å². The van der Waals surface area contributed by atoms with Crippen molar-refractivity contribution in [1.29, 1.82) is 0 Å². The van der Waals surface area contributed by atoms with Gasteiger partial charge in [0.2, 0.25) is 5.91 Å². The van der Waals surface area contributed by atoms with Gasteiger partial charge in [0, 0.05) is 17.9 Å². The second-order valence-corrected chi connectivity index (χ2v) is 6.67. The summed E-state index contributed by atoms with van der Waals surface area (Å²) in [5.41, 5.74) is 1.81. The number of rotatable bonds is 6. The molecule has 0 aromatic carbocycles. The third-order valence-electron chi connectivity index (χ3n) is 3.61.